The summed E-state index contributed by atoms with van der Waals surface area (Å²) in [6.45, 7) is 4.16. The summed E-state index contributed by atoms with van der Waals surface area (Å²) >= 11 is 0. The van der Waals surface area contributed by atoms with Crippen molar-refractivity contribution in [1.82, 2.24) is 14.7 Å². The molecular formula is C20H20N4O3. The zero-order valence-corrected chi connectivity index (χ0v) is 15.4. The summed E-state index contributed by atoms with van der Waals surface area (Å²) in [7, 11) is 1.64. The van der Waals surface area contributed by atoms with E-state index in [9.17, 15) is 14.9 Å². The maximum Gasteiger partial charge on any atom is 0.282 e. The molecule has 138 valence electrons. The Morgan fingerprint density at radius 3 is 2.41 bits per heavy atom. The molecule has 0 unspecified atom stereocenters. The average Bonchev–Trinajstić information content (AvgIpc) is 2.96. The average molecular weight is 364 g/mol. The molecule has 1 amide bonds. The van der Waals surface area contributed by atoms with Gasteiger partial charge in [-0.15, -0.1) is 0 Å². The zero-order chi connectivity index (χ0) is 19.6. The van der Waals surface area contributed by atoms with Gasteiger partial charge in [0.2, 0.25) is 0 Å². The Kier molecular flexibility index (Phi) is 5.03. The smallest absolute Gasteiger partial charge is 0.282 e. The number of nitro groups is 1. The lowest BCUT2D eigenvalue weighted by molar-refractivity contribution is -0.385. The Labute approximate surface area is 157 Å². The highest BCUT2D eigenvalue weighted by Gasteiger charge is 2.24. The molecule has 0 saturated carbocycles. The first-order chi connectivity index (χ1) is 12.9. The molecule has 0 aliphatic carbocycles. The summed E-state index contributed by atoms with van der Waals surface area (Å²) in [5.41, 5.74) is 3.50. The van der Waals surface area contributed by atoms with E-state index in [0.717, 1.165) is 22.6 Å². The number of hydrogen-bond donors (Lipinski definition) is 0. The number of nitrogens with zero attached hydrogens (tertiary/aromatic N) is 4. The van der Waals surface area contributed by atoms with Crippen LogP contribution in [0.4, 0.5) is 5.69 Å². The van der Waals surface area contributed by atoms with Crippen molar-refractivity contribution in [2.75, 3.05) is 7.05 Å². The van der Waals surface area contributed by atoms with Gasteiger partial charge in [-0.2, -0.15) is 5.10 Å². The summed E-state index contributed by atoms with van der Waals surface area (Å²) in [5, 5.41) is 15.8. The van der Waals surface area contributed by atoms with Crippen LogP contribution in [0.1, 0.15) is 27.3 Å². The van der Waals surface area contributed by atoms with Crippen LogP contribution in [-0.4, -0.2) is 32.6 Å². The number of carbonyl (C=O) groups is 1. The number of benzene rings is 2. The minimum Gasteiger partial charge on any atom is -0.337 e. The first-order valence-corrected chi connectivity index (χ1v) is 8.49. The van der Waals surface area contributed by atoms with Crippen molar-refractivity contribution < 1.29 is 9.72 Å². The molecule has 7 nitrogen and oxygen atoms in total. The molecule has 2 aromatic carbocycles. The maximum absolute atomic E-state index is 12.8. The van der Waals surface area contributed by atoms with Crippen LogP contribution in [0.25, 0.3) is 5.69 Å². The Balaban J connectivity index is 1.89. The van der Waals surface area contributed by atoms with Gasteiger partial charge < -0.3 is 4.90 Å². The van der Waals surface area contributed by atoms with Crippen LogP contribution >= 0.6 is 0 Å². The molecule has 0 bridgehead atoms. The maximum atomic E-state index is 12.8. The summed E-state index contributed by atoms with van der Waals surface area (Å²) in [6.07, 6.45) is 0. The van der Waals surface area contributed by atoms with Gasteiger partial charge in [0.15, 0.2) is 0 Å². The molecule has 1 heterocycles. The van der Waals surface area contributed by atoms with E-state index in [-0.39, 0.29) is 11.3 Å². The van der Waals surface area contributed by atoms with Crippen molar-refractivity contribution in [2.45, 2.75) is 20.4 Å². The fraction of sp³-hybridized carbons (Fsp3) is 0.200. The molecule has 1 aromatic heterocycles. The highest BCUT2D eigenvalue weighted by molar-refractivity contribution is 5.97. The fourth-order valence-electron chi connectivity index (χ4n) is 3.05. The van der Waals surface area contributed by atoms with Gasteiger partial charge in [-0.1, -0.05) is 30.3 Å². The van der Waals surface area contributed by atoms with Crippen LogP contribution in [0.3, 0.4) is 0 Å². The van der Waals surface area contributed by atoms with Gasteiger partial charge in [-0.3, -0.25) is 14.9 Å². The van der Waals surface area contributed by atoms with E-state index in [1.54, 1.807) is 19.2 Å². The van der Waals surface area contributed by atoms with Gasteiger partial charge >= 0.3 is 0 Å². The van der Waals surface area contributed by atoms with E-state index in [4.69, 9.17) is 0 Å². The number of nitro benzene ring substituents is 1. The molecule has 0 N–H and O–H groups in total. The normalized spacial score (nSPS) is 10.6. The lowest BCUT2D eigenvalue weighted by Gasteiger charge is -2.17. The molecule has 0 atom stereocenters. The fourth-order valence-corrected chi connectivity index (χ4v) is 3.05. The van der Waals surface area contributed by atoms with E-state index in [1.165, 1.54) is 17.0 Å². The minimum atomic E-state index is -0.537. The highest BCUT2D eigenvalue weighted by Crippen LogP contribution is 2.23. The van der Waals surface area contributed by atoms with Crippen molar-refractivity contribution in [3.63, 3.8) is 0 Å². The molecule has 7 heteroatoms. The Hall–Kier alpha value is -3.48. The van der Waals surface area contributed by atoms with Gasteiger partial charge in [0, 0.05) is 30.9 Å². The number of aryl methyl sites for hydroxylation is 1. The van der Waals surface area contributed by atoms with Crippen molar-refractivity contribution in [1.29, 1.82) is 0 Å². The molecule has 0 spiro atoms. The monoisotopic (exact) mass is 364 g/mol. The minimum absolute atomic E-state index is 0.0794. The second kappa shape index (κ2) is 7.41. The third-order valence-electron chi connectivity index (χ3n) is 4.52. The first kappa shape index (κ1) is 18.3. The van der Waals surface area contributed by atoms with Crippen LogP contribution in [0.2, 0.25) is 0 Å². The van der Waals surface area contributed by atoms with E-state index in [2.05, 4.69) is 5.10 Å². The van der Waals surface area contributed by atoms with Crippen molar-refractivity contribution in [3.05, 3.63) is 87.2 Å². The zero-order valence-electron chi connectivity index (χ0n) is 15.4. The summed E-state index contributed by atoms with van der Waals surface area (Å²) < 4.78 is 1.84. The van der Waals surface area contributed by atoms with E-state index in [0.29, 0.717) is 6.54 Å². The molecule has 0 fully saturated rings. The van der Waals surface area contributed by atoms with Crippen LogP contribution in [0.5, 0.6) is 0 Å². The van der Waals surface area contributed by atoms with Gasteiger partial charge in [0.1, 0.15) is 5.56 Å². The highest BCUT2D eigenvalue weighted by atomic mass is 16.6. The molecule has 27 heavy (non-hydrogen) atoms. The summed E-state index contributed by atoms with van der Waals surface area (Å²) in [4.78, 5) is 24.9. The Morgan fingerprint density at radius 2 is 1.74 bits per heavy atom. The van der Waals surface area contributed by atoms with E-state index in [1.807, 2.05) is 48.9 Å². The quantitative estimate of drug-likeness (QED) is 0.511. The van der Waals surface area contributed by atoms with Crippen molar-refractivity contribution in [2.24, 2.45) is 0 Å². The van der Waals surface area contributed by atoms with Gasteiger partial charge in [0.25, 0.3) is 11.6 Å². The number of aromatic nitrogens is 2. The molecule has 0 aliphatic rings. The lowest BCUT2D eigenvalue weighted by atomic mass is 10.1. The van der Waals surface area contributed by atoms with Crippen LogP contribution in [-0.2, 0) is 6.54 Å². The van der Waals surface area contributed by atoms with Gasteiger partial charge in [-0.25, -0.2) is 4.68 Å². The van der Waals surface area contributed by atoms with Crippen molar-refractivity contribution in [3.8, 4) is 5.69 Å². The molecule has 0 aliphatic heterocycles. The third-order valence-corrected chi connectivity index (χ3v) is 4.52. The standard InChI is InChI=1S/C20H20N4O3/c1-14-18(15(2)23(21-14)16-9-5-4-6-10-16)13-22(3)20(25)17-11-7-8-12-19(17)24(26)27/h4-12H,13H2,1-3H3. The molecule has 0 radical (unpaired) electrons. The SMILES string of the molecule is Cc1nn(-c2ccccc2)c(C)c1CN(C)C(=O)c1ccccc1[N+](=O)[O-]. The van der Waals surface area contributed by atoms with Crippen LogP contribution in [0, 0.1) is 24.0 Å². The first-order valence-electron chi connectivity index (χ1n) is 8.49. The predicted octanol–water partition coefficient (Wildman–Crippen LogP) is 3.67. The molecular weight excluding hydrogens is 344 g/mol. The summed E-state index contributed by atoms with van der Waals surface area (Å²) in [5.74, 6) is -0.395. The van der Waals surface area contributed by atoms with Gasteiger partial charge in [0.05, 0.1) is 16.3 Å². The van der Waals surface area contributed by atoms with Crippen LogP contribution < -0.4 is 0 Å². The molecule has 0 saturated heterocycles. The van der Waals surface area contributed by atoms with Crippen molar-refractivity contribution >= 4 is 11.6 Å². The third kappa shape index (κ3) is 3.57. The lowest BCUT2D eigenvalue weighted by Crippen LogP contribution is -2.27. The number of carbonyl (C=O) groups excluding carboxylic acids is 1. The van der Waals surface area contributed by atoms with Gasteiger partial charge in [-0.05, 0) is 32.0 Å². The Morgan fingerprint density at radius 1 is 1.11 bits per heavy atom. The second-order valence-electron chi connectivity index (χ2n) is 6.33. The Bertz CT molecular complexity index is 996. The van der Waals surface area contributed by atoms with E-state index >= 15 is 0 Å². The van der Waals surface area contributed by atoms with Crippen LogP contribution in [0.15, 0.2) is 54.6 Å². The summed E-state index contributed by atoms with van der Waals surface area (Å²) in [6, 6.07) is 15.7. The molecule has 3 rings (SSSR count). The number of amides is 1. The second-order valence-corrected chi connectivity index (χ2v) is 6.33. The number of hydrogen-bond acceptors (Lipinski definition) is 4. The number of para-hydroxylation sites is 2. The van der Waals surface area contributed by atoms with E-state index < -0.39 is 10.8 Å². The molecule has 3 aromatic rings. The number of rotatable bonds is 5. The predicted molar refractivity (Wildman–Crippen MR) is 102 cm³/mol. The topological polar surface area (TPSA) is 81.3 Å². The largest absolute Gasteiger partial charge is 0.337 e.